The van der Waals surface area contributed by atoms with Gasteiger partial charge < -0.3 is 10.3 Å². The van der Waals surface area contributed by atoms with E-state index in [2.05, 4.69) is 26.1 Å². The fraction of sp³-hybridized carbons (Fsp3) is 0.0769. The maximum Gasteiger partial charge on any atom is 0.268 e. The Morgan fingerprint density at radius 3 is 2.79 bits per heavy atom. The van der Waals surface area contributed by atoms with Gasteiger partial charge >= 0.3 is 0 Å². The van der Waals surface area contributed by atoms with Crippen molar-refractivity contribution in [3.8, 4) is 22.2 Å². The van der Waals surface area contributed by atoms with Crippen LogP contribution in [0.1, 0.15) is 5.56 Å². The molecule has 6 heteroatoms. The van der Waals surface area contributed by atoms with Crippen LogP contribution in [0.25, 0.3) is 22.2 Å². The summed E-state index contributed by atoms with van der Waals surface area (Å²) < 4.78 is 6.37. The highest BCUT2D eigenvalue weighted by molar-refractivity contribution is 9.11. The summed E-state index contributed by atoms with van der Waals surface area (Å²) in [5.74, 6) is 1.02. The van der Waals surface area contributed by atoms with Crippen LogP contribution in [0.2, 0.25) is 0 Å². The first-order valence-corrected chi connectivity index (χ1v) is 7.21. The lowest BCUT2D eigenvalue weighted by Gasteiger charge is -1.97. The van der Waals surface area contributed by atoms with Crippen molar-refractivity contribution in [3.63, 3.8) is 0 Å². The molecule has 96 valence electrons. The fourth-order valence-electron chi connectivity index (χ4n) is 1.70. The summed E-state index contributed by atoms with van der Waals surface area (Å²) in [4.78, 5) is 5.34. The third-order valence-corrected chi connectivity index (χ3v) is 4.82. The molecule has 0 aliphatic carbocycles. The fourth-order valence-corrected chi connectivity index (χ4v) is 3.16. The van der Waals surface area contributed by atoms with Crippen molar-refractivity contribution in [2.45, 2.75) is 6.92 Å². The van der Waals surface area contributed by atoms with Crippen molar-refractivity contribution in [3.05, 3.63) is 39.7 Å². The number of para-hydroxylation sites is 1. The van der Waals surface area contributed by atoms with Crippen LogP contribution in [0.4, 0.5) is 5.69 Å². The van der Waals surface area contributed by atoms with Crippen molar-refractivity contribution in [2.75, 3.05) is 5.73 Å². The highest BCUT2D eigenvalue weighted by Gasteiger charge is 2.15. The molecule has 0 aliphatic rings. The Kier molecular flexibility index (Phi) is 3.12. The van der Waals surface area contributed by atoms with Crippen LogP contribution >= 0.6 is 27.3 Å². The molecule has 0 unspecified atom stereocenters. The largest absolute Gasteiger partial charge is 0.398 e. The molecule has 0 aliphatic heterocycles. The zero-order chi connectivity index (χ0) is 13.4. The molecule has 1 aromatic carbocycles. The van der Waals surface area contributed by atoms with E-state index in [1.165, 1.54) is 0 Å². The van der Waals surface area contributed by atoms with Crippen molar-refractivity contribution >= 4 is 33.0 Å². The Bertz CT molecular complexity index is 716. The Morgan fingerprint density at radius 1 is 1.32 bits per heavy atom. The number of hydrogen-bond acceptors (Lipinski definition) is 5. The number of nitrogens with two attached hydrogens (primary N) is 1. The normalized spacial score (nSPS) is 10.8. The number of nitrogens with zero attached hydrogens (tertiary/aromatic N) is 2. The van der Waals surface area contributed by atoms with Crippen LogP contribution in [-0.2, 0) is 0 Å². The topological polar surface area (TPSA) is 64.9 Å². The average Bonchev–Trinajstić information content (AvgIpc) is 2.98. The molecule has 3 aromatic rings. The van der Waals surface area contributed by atoms with Gasteiger partial charge in [0.1, 0.15) is 0 Å². The molecule has 2 aromatic heterocycles. The number of halogens is 1. The second kappa shape index (κ2) is 4.79. The van der Waals surface area contributed by atoms with E-state index in [9.17, 15) is 0 Å². The Morgan fingerprint density at radius 2 is 2.11 bits per heavy atom. The quantitative estimate of drug-likeness (QED) is 0.715. The summed E-state index contributed by atoms with van der Waals surface area (Å²) in [6.45, 7) is 2.02. The lowest BCUT2D eigenvalue weighted by molar-refractivity contribution is 0.433. The second-order valence-electron chi connectivity index (χ2n) is 4.08. The summed E-state index contributed by atoms with van der Waals surface area (Å²) in [5.41, 5.74) is 8.47. The van der Waals surface area contributed by atoms with E-state index in [1.807, 2.05) is 37.3 Å². The summed E-state index contributed by atoms with van der Waals surface area (Å²) in [5, 5.41) is 3.99. The molecule has 0 saturated carbocycles. The van der Waals surface area contributed by atoms with E-state index in [1.54, 1.807) is 11.3 Å². The third kappa shape index (κ3) is 2.29. The molecule has 0 atom stereocenters. The molecule has 0 fully saturated rings. The van der Waals surface area contributed by atoms with Crippen molar-refractivity contribution in [1.29, 1.82) is 0 Å². The number of rotatable bonds is 2. The average molecular weight is 336 g/mol. The predicted molar refractivity (Wildman–Crippen MR) is 79.9 cm³/mol. The van der Waals surface area contributed by atoms with Gasteiger partial charge in [0.15, 0.2) is 0 Å². The number of benzene rings is 1. The molecule has 0 bridgehead atoms. The first kappa shape index (κ1) is 12.4. The van der Waals surface area contributed by atoms with Gasteiger partial charge in [0.05, 0.1) is 8.66 Å². The Labute approximate surface area is 122 Å². The first-order valence-electron chi connectivity index (χ1n) is 5.60. The van der Waals surface area contributed by atoms with Gasteiger partial charge in [-0.2, -0.15) is 4.98 Å². The first-order chi connectivity index (χ1) is 9.15. The minimum absolute atomic E-state index is 0.510. The van der Waals surface area contributed by atoms with Gasteiger partial charge in [-0.05, 0) is 46.6 Å². The van der Waals surface area contributed by atoms with Crippen molar-refractivity contribution in [1.82, 2.24) is 10.1 Å². The Balaban J connectivity index is 2.02. The number of nitrogen functional groups attached to an aromatic ring is 1. The molecular formula is C13H10BrN3OS. The van der Waals surface area contributed by atoms with Gasteiger partial charge in [-0.3, -0.25) is 0 Å². The van der Waals surface area contributed by atoms with Crippen molar-refractivity contribution in [2.24, 2.45) is 0 Å². The van der Waals surface area contributed by atoms with Gasteiger partial charge in [0.2, 0.25) is 5.82 Å². The van der Waals surface area contributed by atoms with E-state index in [4.69, 9.17) is 10.3 Å². The Hall–Kier alpha value is -1.66. The van der Waals surface area contributed by atoms with Gasteiger partial charge in [-0.1, -0.05) is 17.3 Å². The standard InChI is InChI=1S/C13H10BrN3OS/c1-7-6-10(19-11(7)14)13-16-12(17-18-13)8-4-2-3-5-9(8)15/h2-6H,15H2,1H3. The summed E-state index contributed by atoms with van der Waals surface area (Å²) in [6.07, 6.45) is 0. The van der Waals surface area contributed by atoms with E-state index < -0.39 is 0 Å². The number of aromatic nitrogens is 2. The predicted octanol–water partition coefficient (Wildman–Crippen LogP) is 4.12. The molecule has 4 nitrogen and oxygen atoms in total. The summed E-state index contributed by atoms with van der Waals surface area (Å²) >= 11 is 5.05. The molecule has 0 spiro atoms. The third-order valence-electron chi connectivity index (χ3n) is 2.70. The van der Waals surface area contributed by atoms with Gasteiger partial charge in [0.25, 0.3) is 5.89 Å². The zero-order valence-electron chi connectivity index (χ0n) is 10.1. The van der Waals surface area contributed by atoms with E-state index in [0.29, 0.717) is 17.4 Å². The van der Waals surface area contributed by atoms with E-state index in [0.717, 1.165) is 19.8 Å². The van der Waals surface area contributed by atoms with Crippen LogP contribution in [-0.4, -0.2) is 10.1 Å². The van der Waals surface area contributed by atoms with E-state index >= 15 is 0 Å². The number of thiophene rings is 1. The van der Waals surface area contributed by atoms with E-state index in [-0.39, 0.29) is 0 Å². The monoisotopic (exact) mass is 335 g/mol. The molecular weight excluding hydrogens is 326 g/mol. The van der Waals surface area contributed by atoms with Gasteiger partial charge in [0, 0.05) is 11.3 Å². The van der Waals surface area contributed by atoms with Gasteiger partial charge in [-0.25, -0.2) is 0 Å². The van der Waals surface area contributed by atoms with Crippen molar-refractivity contribution < 1.29 is 4.52 Å². The molecule has 2 heterocycles. The SMILES string of the molecule is Cc1cc(-c2nc(-c3ccccc3N)no2)sc1Br. The molecule has 0 radical (unpaired) electrons. The summed E-state index contributed by atoms with van der Waals surface area (Å²) in [7, 11) is 0. The lowest BCUT2D eigenvalue weighted by atomic mass is 10.2. The van der Waals surface area contributed by atoms with Crippen LogP contribution in [0, 0.1) is 6.92 Å². The second-order valence-corrected chi connectivity index (χ2v) is 6.45. The summed E-state index contributed by atoms with van der Waals surface area (Å²) in [6, 6.07) is 9.48. The smallest absolute Gasteiger partial charge is 0.268 e. The molecule has 3 rings (SSSR count). The highest BCUT2D eigenvalue weighted by Crippen LogP contribution is 2.35. The minimum Gasteiger partial charge on any atom is -0.398 e. The molecule has 19 heavy (non-hydrogen) atoms. The molecule has 0 saturated heterocycles. The van der Waals surface area contributed by atoms with Gasteiger partial charge in [-0.15, -0.1) is 11.3 Å². The number of anilines is 1. The lowest BCUT2D eigenvalue weighted by Crippen LogP contribution is -1.90. The van der Waals surface area contributed by atoms with Crippen LogP contribution in [0.3, 0.4) is 0 Å². The van der Waals surface area contributed by atoms with Crippen LogP contribution < -0.4 is 5.73 Å². The minimum atomic E-state index is 0.510. The highest BCUT2D eigenvalue weighted by atomic mass is 79.9. The number of aryl methyl sites for hydroxylation is 1. The molecule has 2 N–H and O–H groups in total. The maximum atomic E-state index is 5.90. The maximum absolute atomic E-state index is 5.90. The molecule has 0 amide bonds. The number of hydrogen-bond donors (Lipinski definition) is 1. The zero-order valence-corrected chi connectivity index (χ0v) is 12.5. The van der Waals surface area contributed by atoms with Crippen LogP contribution in [0.5, 0.6) is 0 Å². The van der Waals surface area contributed by atoms with Crippen LogP contribution in [0.15, 0.2) is 38.6 Å².